The van der Waals surface area contributed by atoms with Gasteiger partial charge in [-0.2, -0.15) is 0 Å². The third-order valence-electron chi connectivity index (χ3n) is 5.73. The van der Waals surface area contributed by atoms with Gasteiger partial charge < -0.3 is 0 Å². The zero-order valence-electron chi connectivity index (χ0n) is 11.2. The second-order valence-electron chi connectivity index (χ2n) is 6.76. The van der Waals surface area contributed by atoms with E-state index >= 15 is 0 Å². The van der Waals surface area contributed by atoms with E-state index in [0.717, 1.165) is 29.6 Å². The molecule has 0 aromatic rings. The predicted octanol–water partition coefficient (Wildman–Crippen LogP) is 4.74. The lowest BCUT2D eigenvalue weighted by atomic mass is 9.76. The highest BCUT2D eigenvalue weighted by Crippen LogP contribution is 2.65. The van der Waals surface area contributed by atoms with E-state index in [1.54, 1.807) is 0 Å². The van der Waals surface area contributed by atoms with E-state index in [9.17, 15) is 0 Å². The van der Waals surface area contributed by atoms with Gasteiger partial charge in [0, 0.05) is 0 Å². The molecule has 6 atom stereocenters. The molecule has 15 heavy (non-hydrogen) atoms. The van der Waals surface area contributed by atoms with Gasteiger partial charge in [-0.1, -0.05) is 47.5 Å². The van der Waals surface area contributed by atoms with Crippen LogP contribution >= 0.6 is 0 Å². The van der Waals surface area contributed by atoms with Crippen LogP contribution in [0, 0.1) is 35.0 Å². The van der Waals surface area contributed by atoms with E-state index in [4.69, 9.17) is 0 Å². The fourth-order valence-electron chi connectivity index (χ4n) is 4.72. The minimum Gasteiger partial charge on any atom is -0.0654 e. The molecule has 0 heterocycles. The van der Waals surface area contributed by atoms with E-state index in [-0.39, 0.29) is 0 Å². The quantitative estimate of drug-likeness (QED) is 0.628. The average Bonchev–Trinajstić information content (AvgIpc) is 2.62. The van der Waals surface area contributed by atoms with Crippen LogP contribution in [0.15, 0.2) is 0 Å². The van der Waals surface area contributed by atoms with Crippen LogP contribution in [0.25, 0.3) is 0 Å². The van der Waals surface area contributed by atoms with E-state index in [1.807, 2.05) is 0 Å². The normalized spacial score (nSPS) is 54.6. The minimum atomic E-state index is 0.710. The smallest absolute Gasteiger partial charge is 0.0264 e. The first-order chi connectivity index (χ1) is 7.00. The first-order valence-corrected chi connectivity index (χ1v) is 7.00. The molecule has 0 aromatic heterocycles. The molecule has 2 aliphatic carbocycles. The summed E-state index contributed by atoms with van der Waals surface area (Å²) in [5, 5.41) is 0. The largest absolute Gasteiger partial charge is 0.0654 e. The van der Waals surface area contributed by atoms with Gasteiger partial charge in [0.15, 0.2) is 0 Å². The lowest BCUT2D eigenvalue weighted by Crippen LogP contribution is -2.23. The molecule has 2 rings (SSSR count). The Morgan fingerprint density at radius 3 is 2.27 bits per heavy atom. The summed E-state index contributed by atoms with van der Waals surface area (Å²) in [5.41, 5.74) is 0.710. The molecule has 0 amide bonds. The maximum Gasteiger partial charge on any atom is -0.0264 e. The summed E-state index contributed by atoms with van der Waals surface area (Å²) in [6.07, 6.45) is 5.83. The Kier molecular flexibility index (Phi) is 2.90. The third kappa shape index (κ3) is 1.74. The molecule has 2 fully saturated rings. The van der Waals surface area contributed by atoms with E-state index in [0.29, 0.717) is 5.41 Å². The maximum absolute atomic E-state index is 2.55. The molecule has 0 nitrogen and oxygen atoms in total. The Hall–Kier alpha value is 0. The lowest BCUT2D eigenvalue weighted by Gasteiger charge is -2.29. The molecular weight excluding hydrogens is 180 g/mol. The molecule has 2 aliphatic rings. The van der Waals surface area contributed by atoms with Gasteiger partial charge in [-0.3, -0.25) is 0 Å². The molecular formula is C15H28. The van der Waals surface area contributed by atoms with Crippen molar-refractivity contribution in [2.45, 2.75) is 60.3 Å². The van der Waals surface area contributed by atoms with Gasteiger partial charge in [-0.25, -0.2) is 0 Å². The van der Waals surface area contributed by atoms with Gasteiger partial charge in [-0.15, -0.1) is 0 Å². The summed E-state index contributed by atoms with van der Waals surface area (Å²) in [5.74, 6) is 5.00. The first-order valence-electron chi connectivity index (χ1n) is 7.00. The van der Waals surface area contributed by atoms with Crippen molar-refractivity contribution in [3.8, 4) is 0 Å². The van der Waals surface area contributed by atoms with E-state index < -0.39 is 0 Å². The second-order valence-corrected chi connectivity index (χ2v) is 6.76. The summed E-state index contributed by atoms with van der Waals surface area (Å²) in [6.45, 7) is 12.4. The SMILES string of the molecule is CCCC1CC(C)C(C2(C)CC2C)C1C. The highest BCUT2D eigenvalue weighted by atomic mass is 14.6. The van der Waals surface area contributed by atoms with Gasteiger partial charge in [0.2, 0.25) is 0 Å². The Labute approximate surface area is 95.8 Å². The van der Waals surface area contributed by atoms with Crippen molar-refractivity contribution in [2.75, 3.05) is 0 Å². The summed E-state index contributed by atoms with van der Waals surface area (Å²) in [6, 6.07) is 0. The zero-order valence-corrected chi connectivity index (χ0v) is 11.2. The highest BCUT2D eigenvalue weighted by molar-refractivity contribution is 5.06. The molecule has 2 saturated carbocycles. The van der Waals surface area contributed by atoms with Gasteiger partial charge in [0.05, 0.1) is 0 Å². The standard InChI is InChI=1S/C15H28/c1-6-7-13-8-10(2)14(12(13)4)15(5)9-11(15)3/h10-14H,6-9H2,1-5H3. The van der Waals surface area contributed by atoms with Crippen LogP contribution in [0.4, 0.5) is 0 Å². The number of hydrogen-bond acceptors (Lipinski definition) is 0. The molecule has 0 saturated heterocycles. The van der Waals surface area contributed by atoms with Crippen LogP contribution in [-0.4, -0.2) is 0 Å². The van der Waals surface area contributed by atoms with Gasteiger partial charge in [-0.05, 0) is 47.8 Å². The van der Waals surface area contributed by atoms with Crippen LogP contribution in [0.3, 0.4) is 0 Å². The van der Waals surface area contributed by atoms with Crippen LogP contribution in [0.5, 0.6) is 0 Å². The van der Waals surface area contributed by atoms with Crippen molar-refractivity contribution >= 4 is 0 Å². The van der Waals surface area contributed by atoms with Crippen molar-refractivity contribution in [2.24, 2.45) is 35.0 Å². The van der Waals surface area contributed by atoms with Crippen LogP contribution in [0.1, 0.15) is 60.3 Å². The first kappa shape index (κ1) is 11.5. The maximum atomic E-state index is 2.55. The van der Waals surface area contributed by atoms with Crippen molar-refractivity contribution in [3.63, 3.8) is 0 Å². The van der Waals surface area contributed by atoms with Crippen molar-refractivity contribution in [3.05, 3.63) is 0 Å². The van der Waals surface area contributed by atoms with Crippen molar-refractivity contribution < 1.29 is 0 Å². The van der Waals surface area contributed by atoms with E-state index in [2.05, 4.69) is 34.6 Å². The summed E-state index contributed by atoms with van der Waals surface area (Å²) >= 11 is 0. The molecule has 0 radical (unpaired) electrons. The average molecular weight is 208 g/mol. The van der Waals surface area contributed by atoms with Crippen molar-refractivity contribution in [1.82, 2.24) is 0 Å². The topological polar surface area (TPSA) is 0 Å². The zero-order chi connectivity index (χ0) is 11.2. The summed E-state index contributed by atoms with van der Waals surface area (Å²) in [4.78, 5) is 0. The van der Waals surface area contributed by atoms with Crippen LogP contribution in [-0.2, 0) is 0 Å². The van der Waals surface area contributed by atoms with Gasteiger partial charge >= 0.3 is 0 Å². The predicted molar refractivity (Wildman–Crippen MR) is 66.7 cm³/mol. The van der Waals surface area contributed by atoms with Gasteiger partial charge in [0.1, 0.15) is 0 Å². The molecule has 0 spiro atoms. The highest BCUT2D eigenvalue weighted by Gasteiger charge is 2.58. The summed E-state index contributed by atoms with van der Waals surface area (Å²) in [7, 11) is 0. The Balaban J connectivity index is 2.07. The van der Waals surface area contributed by atoms with Crippen LogP contribution in [0.2, 0.25) is 0 Å². The summed E-state index contributed by atoms with van der Waals surface area (Å²) < 4.78 is 0. The second kappa shape index (κ2) is 3.79. The molecule has 0 aromatic carbocycles. The molecule has 0 bridgehead atoms. The minimum absolute atomic E-state index is 0.710. The van der Waals surface area contributed by atoms with Crippen LogP contribution < -0.4 is 0 Å². The molecule has 0 heteroatoms. The molecule has 0 aliphatic heterocycles. The monoisotopic (exact) mass is 208 g/mol. The molecule has 6 unspecified atom stereocenters. The fourth-order valence-corrected chi connectivity index (χ4v) is 4.72. The molecule has 88 valence electrons. The number of hydrogen-bond donors (Lipinski definition) is 0. The fraction of sp³-hybridized carbons (Fsp3) is 1.00. The van der Waals surface area contributed by atoms with Gasteiger partial charge in [0.25, 0.3) is 0 Å². The van der Waals surface area contributed by atoms with E-state index in [1.165, 1.54) is 25.7 Å². The molecule has 0 N–H and O–H groups in total. The Morgan fingerprint density at radius 2 is 1.80 bits per heavy atom. The Bertz CT molecular complexity index is 232. The third-order valence-corrected chi connectivity index (χ3v) is 5.73. The number of rotatable bonds is 3. The lowest BCUT2D eigenvalue weighted by molar-refractivity contribution is 0.188. The Morgan fingerprint density at radius 1 is 1.20 bits per heavy atom. The van der Waals surface area contributed by atoms with Crippen molar-refractivity contribution in [1.29, 1.82) is 0 Å².